The van der Waals surface area contributed by atoms with Gasteiger partial charge in [-0.2, -0.15) is 4.31 Å². The maximum Gasteiger partial charge on any atom is 0.248 e. The summed E-state index contributed by atoms with van der Waals surface area (Å²) in [4.78, 5) is -1.09. The van der Waals surface area contributed by atoms with Crippen molar-refractivity contribution < 1.29 is 21.6 Å². The molecule has 0 spiro atoms. The Kier molecular flexibility index (Phi) is 4.61. The molecule has 20 heavy (non-hydrogen) atoms. The predicted octanol–water partition coefficient (Wildman–Crippen LogP) is 2.74. The van der Waals surface area contributed by atoms with Crippen molar-refractivity contribution in [2.75, 3.05) is 19.0 Å². The van der Waals surface area contributed by atoms with Gasteiger partial charge in [0.05, 0.1) is 0 Å². The first-order valence-corrected chi connectivity index (χ1v) is 8.04. The Hall–Kier alpha value is -0.790. The molecular formula is C12H13ClF3NO2S. The van der Waals surface area contributed by atoms with E-state index in [0.717, 1.165) is 4.31 Å². The molecule has 8 heteroatoms. The second-order valence-corrected chi connectivity index (χ2v) is 6.95. The second-order valence-electron chi connectivity index (χ2n) is 4.69. The summed E-state index contributed by atoms with van der Waals surface area (Å²) in [6.45, 7) is 0.353. The van der Waals surface area contributed by atoms with Crippen molar-refractivity contribution in [3.8, 4) is 0 Å². The van der Waals surface area contributed by atoms with Crippen LogP contribution in [0.4, 0.5) is 13.2 Å². The monoisotopic (exact) mass is 327 g/mol. The van der Waals surface area contributed by atoms with Gasteiger partial charge in [-0.3, -0.25) is 0 Å². The van der Waals surface area contributed by atoms with Crippen LogP contribution in [0.15, 0.2) is 17.0 Å². The Balaban J connectivity index is 2.33. The Morgan fingerprint density at radius 3 is 2.40 bits per heavy atom. The number of hydrogen-bond acceptors (Lipinski definition) is 2. The van der Waals surface area contributed by atoms with E-state index in [-0.39, 0.29) is 19.0 Å². The van der Waals surface area contributed by atoms with E-state index in [1.165, 1.54) is 0 Å². The van der Waals surface area contributed by atoms with E-state index >= 15 is 0 Å². The lowest BCUT2D eigenvalue weighted by molar-refractivity contribution is 0.436. The highest BCUT2D eigenvalue weighted by Gasteiger charge is 2.36. The van der Waals surface area contributed by atoms with Gasteiger partial charge in [0.25, 0.3) is 0 Å². The van der Waals surface area contributed by atoms with E-state index < -0.39 is 32.4 Å². The zero-order valence-electron chi connectivity index (χ0n) is 10.5. The van der Waals surface area contributed by atoms with Crippen molar-refractivity contribution in [1.82, 2.24) is 4.31 Å². The van der Waals surface area contributed by atoms with Crippen LogP contribution < -0.4 is 0 Å². The quantitative estimate of drug-likeness (QED) is 0.797. The number of benzene rings is 1. The fourth-order valence-electron chi connectivity index (χ4n) is 2.31. The molecule has 1 saturated heterocycles. The molecule has 1 fully saturated rings. The summed E-state index contributed by atoms with van der Waals surface area (Å²) in [7, 11) is -4.29. The fraction of sp³-hybridized carbons (Fsp3) is 0.500. The van der Waals surface area contributed by atoms with Crippen molar-refractivity contribution >= 4 is 21.6 Å². The fourth-order valence-corrected chi connectivity index (χ4v) is 4.24. The molecule has 1 heterocycles. The standard InChI is InChI=1S/C12H13ClF3NO2S/c13-3-1-8-2-4-17(7-8)20(18,19)12-10(15)5-9(14)6-11(12)16/h5-6,8H,1-4,7H2. The smallest absolute Gasteiger partial charge is 0.207 e. The molecule has 0 amide bonds. The van der Waals surface area contributed by atoms with Crippen molar-refractivity contribution in [1.29, 1.82) is 0 Å². The lowest BCUT2D eigenvalue weighted by atomic mass is 10.1. The zero-order chi connectivity index (χ0) is 14.9. The summed E-state index contributed by atoms with van der Waals surface area (Å²) < 4.78 is 65.5. The summed E-state index contributed by atoms with van der Waals surface area (Å²) in [5, 5.41) is 0. The number of hydrogen-bond donors (Lipinski definition) is 0. The van der Waals surface area contributed by atoms with Crippen LogP contribution in [0.3, 0.4) is 0 Å². The van der Waals surface area contributed by atoms with Gasteiger partial charge in [-0.05, 0) is 18.8 Å². The SMILES string of the molecule is O=S(=O)(c1c(F)cc(F)cc1F)N1CCC(CCCl)C1. The molecule has 0 saturated carbocycles. The molecule has 0 N–H and O–H groups in total. The summed E-state index contributed by atoms with van der Waals surface area (Å²) in [6.07, 6.45) is 1.23. The first-order chi connectivity index (χ1) is 9.36. The first-order valence-electron chi connectivity index (χ1n) is 6.07. The van der Waals surface area contributed by atoms with Gasteiger partial charge in [-0.1, -0.05) is 0 Å². The summed E-state index contributed by atoms with van der Waals surface area (Å²) in [5.74, 6) is -3.50. The molecule has 1 aliphatic rings. The van der Waals surface area contributed by atoms with Gasteiger partial charge in [0, 0.05) is 31.1 Å². The number of rotatable bonds is 4. The van der Waals surface area contributed by atoms with Crippen LogP contribution in [0.25, 0.3) is 0 Å². The Morgan fingerprint density at radius 1 is 1.25 bits per heavy atom. The normalized spacial score (nSPS) is 20.5. The van der Waals surface area contributed by atoms with Crippen LogP contribution >= 0.6 is 11.6 Å². The zero-order valence-corrected chi connectivity index (χ0v) is 12.0. The van der Waals surface area contributed by atoms with Crippen molar-refractivity contribution in [2.45, 2.75) is 17.7 Å². The maximum atomic E-state index is 13.6. The molecule has 112 valence electrons. The van der Waals surface area contributed by atoms with Gasteiger partial charge >= 0.3 is 0 Å². The van der Waals surface area contributed by atoms with Crippen molar-refractivity contribution in [3.05, 3.63) is 29.6 Å². The van der Waals surface area contributed by atoms with Gasteiger partial charge in [-0.25, -0.2) is 21.6 Å². The molecule has 1 aliphatic heterocycles. The number of nitrogens with zero attached hydrogens (tertiary/aromatic N) is 1. The Labute approximate surface area is 120 Å². The van der Waals surface area contributed by atoms with Crippen LogP contribution in [0.1, 0.15) is 12.8 Å². The third-order valence-corrected chi connectivity index (χ3v) is 5.46. The number of sulfonamides is 1. The van der Waals surface area contributed by atoms with E-state index in [4.69, 9.17) is 11.6 Å². The summed E-state index contributed by atoms with van der Waals surface area (Å²) >= 11 is 5.60. The van der Waals surface area contributed by atoms with Gasteiger partial charge in [0.1, 0.15) is 17.5 Å². The third-order valence-electron chi connectivity index (χ3n) is 3.33. The predicted molar refractivity (Wildman–Crippen MR) is 68.5 cm³/mol. The van der Waals surface area contributed by atoms with Crippen molar-refractivity contribution in [3.63, 3.8) is 0 Å². The maximum absolute atomic E-state index is 13.6. The molecule has 0 aliphatic carbocycles. The highest BCUT2D eigenvalue weighted by molar-refractivity contribution is 7.89. The average molecular weight is 328 g/mol. The molecule has 3 nitrogen and oxygen atoms in total. The highest BCUT2D eigenvalue weighted by atomic mass is 35.5. The van der Waals surface area contributed by atoms with E-state index in [0.29, 0.717) is 30.9 Å². The Morgan fingerprint density at radius 2 is 1.85 bits per heavy atom. The Bertz CT molecular complexity index is 586. The van der Waals surface area contributed by atoms with Crippen molar-refractivity contribution in [2.24, 2.45) is 5.92 Å². The minimum atomic E-state index is -4.29. The summed E-state index contributed by atoms with van der Waals surface area (Å²) in [6, 6.07) is 0.727. The summed E-state index contributed by atoms with van der Waals surface area (Å²) in [5.41, 5.74) is 0. The van der Waals surface area contributed by atoms with Crippen LogP contribution in [-0.2, 0) is 10.0 Å². The minimum absolute atomic E-state index is 0.0776. The van der Waals surface area contributed by atoms with E-state index in [1.54, 1.807) is 0 Å². The van der Waals surface area contributed by atoms with Gasteiger partial charge in [-0.15, -0.1) is 11.6 Å². The molecule has 0 bridgehead atoms. The molecule has 0 radical (unpaired) electrons. The van der Waals surface area contributed by atoms with E-state index in [2.05, 4.69) is 0 Å². The second kappa shape index (κ2) is 5.91. The lowest BCUT2D eigenvalue weighted by Gasteiger charge is -2.17. The van der Waals surface area contributed by atoms with Gasteiger partial charge < -0.3 is 0 Å². The molecule has 2 rings (SSSR count). The van der Waals surface area contributed by atoms with Crippen LogP contribution in [0.5, 0.6) is 0 Å². The number of alkyl halides is 1. The molecular weight excluding hydrogens is 315 g/mol. The van der Waals surface area contributed by atoms with Crippen LogP contribution in [-0.4, -0.2) is 31.7 Å². The molecule has 1 unspecified atom stereocenters. The average Bonchev–Trinajstić information content (AvgIpc) is 2.76. The molecule has 1 aromatic carbocycles. The molecule has 1 atom stereocenters. The molecule has 1 aromatic rings. The first kappa shape index (κ1) is 15.6. The minimum Gasteiger partial charge on any atom is -0.207 e. The van der Waals surface area contributed by atoms with Gasteiger partial charge in [0.15, 0.2) is 4.90 Å². The lowest BCUT2D eigenvalue weighted by Crippen LogP contribution is -2.30. The van der Waals surface area contributed by atoms with Gasteiger partial charge in [0.2, 0.25) is 10.0 Å². The molecule has 0 aromatic heterocycles. The largest absolute Gasteiger partial charge is 0.248 e. The topological polar surface area (TPSA) is 37.4 Å². The van der Waals surface area contributed by atoms with Crippen LogP contribution in [0.2, 0.25) is 0 Å². The number of halogens is 4. The van der Waals surface area contributed by atoms with E-state index in [1.807, 2.05) is 0 Å². The van der Waals surface area contributed by atoms with Crippen LogP contribution in [0, 0.1) is 23.4 Å². The van der Waals surface area contributed by atoms with E-state index in [9.17, 15) is 21.6 Å². The third kappa shape index (κ3) is 2.94. The highest BCUT2D eigenvalue weighted by Crippen LogP contribution is 2.29.